The van der Waals surface area contributed by atoms with Crippen LogP contribution in [0.15, 0.2) is 287 Å². The normalized spacial score (nSPS) is 16.5. The van der Waals surface area contributed by atoms with Crippen molar-refractivity contribution in [1.82, 2.24) is 19.1 Å². The van der Waals surface area contributed by atoms with E-state index < -0.39 is 48.2 Å². The number of carbonyl (C=O) groups excluding carboxylic acids is 2. The number of carbonyl (C=O) groups is 2. The van der Waals surface area contributed by atoms with E-state index in [0.717, 1.165) is 134 Å². The largest absolute Gasteiger partial charge is 0.493 e. The lowest BCUT2D eigenvalue weighted by Gasteiger charge is -2.32. The quantitative estimate of drug-likeness (QED) is 0.0444. The number of benzene rings is 9. The lowest BCUT2D eigenvalue weighted by Crippen LogP contribution is -2.43. The highest BCUT2D eigenvalue weighted by Crippen LogP contribution is 2.46. The molecule has 8 aromatic heterocycles. The number of pyridine rings is 2. The number of hydrogen-bond donors (Lipinski definition) is 3. The third kappa shape index (κ3) is 20.9. The number of methoxy groups -OCH3 is 2. The van der Waals surface area contributed by atoms with Crippen LogP contribution in [0, 0.1) is 32.4 Å². The first kappa shape index (κ1) is 99.3. The molecule has 23 rings (SSSR count). The lowest BCUT2D eigenvalue weighted by molar-refractivity contribution is -0.145. The molecule has 4 atom stereocenters. The summed E-state index contributed by atoms with van der Waals surface area (Å²) in [5, 5.41) is 35.6. The molecule has 6 aliphatic rings. The molecule has 3 N–H and O–H groups in total. The summed E-state index contributed by atoms with van der Waals surface area (Å²) >= 11 is 5.99. The summed E-state index contributed by atoms with van der Waals surface area (Å²) in [6.45, 7) is 25.6. The Balaban J connectivity index is 0.000000118. The number of ketones is 1. The predicted molar refractivity (Wildman–Crippen MR) is 542 cm³/mol. The number of aryl methyl sites for hydroxylation is 3. The van der Waals surface area contributed by atoms with E-state index in [-0.39, 0.29) is 74.4 Å². The first-order valence-electron chi connectivity index (χ1n) is 46.9. The number of esters is 1. The molecule has 9 aromatic carbocycles. The Morgan fingerprint density at radius 1 is 0.531 bits per heavy atom. The van der Waals surface area contributed by atoms with Crippen molar-refractivity contribution in [3.8, 4) is 63.1 Å². The summed E-state index contributed by atoms with van der Waals surface area (Å²) in [5.41, 5.74) is 13.7. The number of halogens is 5. The van der Waals surface area contributed by atoms with Gasteiger partial charge in [0, 0.05) is 102 Å². The Bertz CT molecular complexity index is 8260. The zero-order valence-corrected chi connectivity index (χ0v) is 81.9. The van der Waals surface area contributed by atoms with Gasteiger partial charge in [0.2, 0.25) is 6.23 Å². The van der Waals surface area contributed by atoms with Crippen LogP contribution in [-0.4, -0.2) is 85.1 Å². The number of allylic oxidation sites excluding steroid dienone is 6. The van der Waals surface area contributed by atoms with Gasteiger partial charge in [-0.1, -0.05) is 38.3 Å². The summed E-state index contributed by atoms with van der Waals surface area (Å²) in [5.74, 6) is 5.79. The first-order chi connectivity index (χ1) is 70.6. The van der Waals surface area contributed by atoms with Gasteiger partial charge < -0.3 is 94.1 Å². The second kappa shape index (κ2) is 41.0. The van der Waals surface area contributed by atoms with Gasteiger partial charge in [-0.3, -0.25) is 19.0 Å². The van der Waals surface area contributed by atoms with Gasteiger partial charge in [0.1, 0.15) is 159 Å². The highest BCUT2D eigenvalue weighted by atomic mass is 35.5. The number of furan rings is 5. The van der Waals surface area contributed by atoms with E-state index in [1.54, 1.807) is 48.9 Å². The Morgan fingerprint density at radius 3 is 1.54 bits per heavy atom. The van der Waals surface area contributed by atoms with Crippen LogP contribution in [0.1, 0.15) is 131 Å². The molecule has 0 bridgehead atoms. The van der Waals surface area contributed by atoms with E-state index in [0.29, 0.717) is 143 Å². The number of nitrogens with zero attached hydrogens (tertiary/aromatic N) is 4. The average molecular weight is 2010 g/mol. The maximum Gasteiger partial charge on any atom is 0.350 e. The van der Waals surface area contributed by atoms with Gasteiger partial charge in [-0.25, -0.2) is 18.6 Å². The van der Waals surface area contributed by atoms with Gasteiger partial charge in [-0.2, -0.15) is 13.8 Å². The number of hydrogen-bond acceptors (Lipinski definition) is 25. The van der Waals surface area contributed by atoms with E-state index in [1.165, 1.54) is 37.4 Å². The van der Waals surface area contributed by atoms with Gasteiger partial charge in [-0.05, 0) is 282 Å². The van der Waals surface area contributed by atoms with Crippen LogP contribution in [0.3, 0.4) is 0 Å². The second-order valence-electron chi connectivity index (χ2n) is 36.2. The molecule has 0 unspecified atom stereocenters. The van der Waals surface area contributed by atoms with Crippen LogP contribution < -0.4 is 53.9 Å². The molecular formula is C115H97ClF4N4O23. The van der Waals surface area contributed by atoms with Gasteiger partial charge in [0.05, 0.1) is 56.4 Å². The maximum atomic E-state index is 14.3. The maximum absolute atomic E-state index is 14.3. The van der Waals surface area contributed by atoms with Crippen molar-refractivity contribution in [2.24, 2.45) is 0 Å². The molecule has 0 spiro atoms. The fourth-order valence-electron chi connectivity index (χ4n) is 18.5. The van der Waals surface area contributed by atoms with Crippen molar-refractivity contribution < 1.29 is 117 Å². The van der Waals surface area contributed by atoms with Crippen molar-refractivity contribution in [2.45, 2.75) is 144 Å². The molecule has 750 valence electrons. The molecule has 147 heavy (non-hydrogen) atoms. The van der Waals surface area contributed by atoms with Gasteiger partial charge in [0.15, 0.2) is 34.6 Å². The number of aliphatic hydroxyl groups is 3. The number of aromatic nitrogens is 4. The molecule has 17 aromatic rings. The van der Waals surface area contributed by atoms with E-state index in [4.69, 9.17) is 95.9 Å². The molecule has 27 nitrogen and oxygen atoms in total. The van der Waals surface area contributed by atoms with Crippen molar-refractivity contribution in [2.75, 3.05) is 20.8 Å². The second-order valence-corrected chi connectivity index (χ2v) is 36.7. The average Bonchev–Trinajstić information content (AvgIpc) is 1.61. The van der Waals surface area contributed by atoms with Gasteiger partial charge in [-0.15, -0.1) is 0 Å². The molecule has 0 saturated carbocycles. The van der Waals surface area contributed by atoms with E-state index in [9.17, 15) is 47.0 Å². The van der Waals surface area contributed by atoms with Crippen LogP contribution in [0.2, 0.25) is 5.02 Å². The highest BCUT2D eigenvalue weighted by molar-refractivity contribution is 6.31. The van der Waals surface area contributed by atoms with Crippen LogP contribution in [0.25, 0.3) is 93.9 Å². The Labute approximate surface area is 842 Å². The Morgan fingerprint density at radius 2 is 1.02 bits per heavy atom. The summed E-state index contributed by atoms with van der Waals surface area (Å²) in [4.78, 5) is 59.1. The molecule has 0 amide bonds. The third-order valence-electron chi connectivity index (χ3n) is 25.6. The Kier molecular flexibility index (Phi) is 27.7. The number of fused-ring (bicyclic) bond motifs is 13. The zero-order chi connectivity index (χ0) is 103. The molecule has 1 aliphatic carbocycles. The van der Waals surface area contributed by atoms with Crippen LogP contribution in [-0.2, 0) is 77.1 Å². The lowest BCUT2D eigenvalue weighted by atomic mass is 9.77. The monoisotopic (exact) mass is 2010 g/mol. The summed E-state index contributed by atoms with van der Waals surface area (Å²) in [7, 11) is 3.15. The number of alkyl halides is 2. The van der Waals surface area contributed by atoms with Crippen LogP contribution in [0.4, 0.5) is 17.6 Å². The third-order valence-corrected chi connectivity index (χ3v) is 25.9. The smallest absolute Gasteiger partial charge is 0.350 e. The highest BCUT2D eigenvalue weighted by Gasteiger charge is 2.59. The molecular weight excluding hydrogens is 1920 g/mol. The minimum Gasteiger partial charge on any atom is -0.493 e. The molecule has 5 aliphatic heterocycles. The SMILES string of the molecule is C=C1C=C(C)c2ccc(OCc3cc4cc(Cl)ccc4o3)cc2O1.C=C1C=C(C)c2ccc(OCc3cc4cc(F)cc(C)c4o3)cc2O1.C=C1C=C(C)c2ccc(OCc3cc4cc(F)ccc4o3)cc2O1.CC[C@@]1(O)C(=O)CCc2c1cc1n(c2=O)Cc2cc3cc(OCc4cc5cc(C)cc(OC)c5o4)ccc3nc2-1.COc1cc(C)cc2cc(COC(=O)Cc3ccn([C@@H]4O[C@H](CO)[C@@H](O)C4(F)F)c(=O)n3)oc12. The standard InChI is InChI=1S/C32H28N2O6.C22H22F2N2O8.C21H17FO3.C20H15ClO3.C20H15FO3/c1-4-32(37)24-14-26-29-20(15-34(26)31(36)23(24)6-8-28(32)35)11-18-12-21(5-7-25(18)33-29)39-16-22-13-19-9-17(2)10-27(38-3)30(19)40-22;1-11-5-12-7-14(33-18(12)15(6-11)31-2)10-32-17(28)8-13-3-4-26(21(30)25-13)20-22(23,24)19(29)16(9-27)34-20;1-12-6-14(3)24-20-10-17(4-5-19(12)20)23-11-18-9-15-8-16(22)7-13(2)21(15)25-18;2*1-12-7-13(2)23-20-10-16(4-5-18(12)20)22-11-17-9-14-8-15(21)3-6-19(14)24-17/h5,7,9-14,37H,4,6,8,15-16H2,1-3H3;3-7,16,19-20,27,29H,8-10H2,1-2H3;4-10H,3,11H2,1-2H3;2*3-10H,2,11H2,1H3/t32-;16-,19-,20-;;;/m01.../s1. The number of ether oxygens (including phenoxy) is 11. The van der Waals surface area contributed by atoms with Gasteiger partial charge in [0.25, 0.3) is 5.56 Å². The molecule has 13 heterocycles. The number of Topliss-reactive ketones (excluding diaryl/α,β-unsaturated/α-hetero) is 1. The van der Waals surface area contributed by atoms with E-state index in [2.05, 4.69) is 24.7 Å². The first-order valence-corrected chi connectivity index (χ1v) is 47.3. The van der Waals surface area contributed by atoms with Crippen molar-refractivity contribution in [1.29, 1.82) is 0 Å². The molecule has 1 saturated heterocycles. The number of aliphatic hydroxyl groups excluding tert-OH is 2. The van der Waals surface area contributed by atoms with Crippen molar-refractivity contribution in [3.63, 3.8) is 0 Å². The fourth-order valence-corrected chi connectivity index (χ4v) is 18.7. The predicted octanol–water partition coefficient (Wildman–Crippen LogP) is 23.9. The van der Waals surface area contributed by atoms with E-state index >= 15 is 0 Å². The van der Waals surface area contributed by atoms with E-state index in [1.807, 2.05) is 193 Å². The Hall–Kier alpha value is -16.5. The van der Waals surface area contributed by atoms with Crippen LogP contribution in [0.5, 0.6) is 51.7 Å². The minimum absolute atomic E-state index is 0.00581. The number of rotatable bonds is 21. The summed E-state index contributed by atoms with van der Waals surface area (Å²) in [6, 6.07) is 57.6. The molecule has 1 fully saturated rings. The fraction of sp³-hybridized carbons (Fsp3) is 0.217. The zero-order valence-electron chi connectivity index (χ0n) is 81.1. The van der Waals surface area contributed by atoms with Crippen molar-refractivity contribution in [3.05, 3.63) is 378 Å². The topological polar surface area (TPSA) is 332 Å². The molecule has 0 radical (unpaired) electrons. The van der Waals surface area contributed by atoms with Crippen LogP contribution >= 0.6 is 11.6 Å². The minimum atomic E-state index is -3.83. The summed E-state index contributed by atoms with van der Waals surface area (Å²) < 4.78 is 148. The summed E-state index contributed by atoms with van der Waals surface area (Å²) in [6.07, 6.45) is 1.08. The van der Waals surface area contributed by atoms with Gasteiger partial charge >= 0.3 is 17.6 Å². The molecule has 32 heteroatoms. The van der Waals surface area contributed by atoms with Crippen molar-refractivity contribution >= 4 is 106 Å².